The van der Waals surface area contributed by atoms with E-state index in [1.54, 1.807) is 24.3 Å². The number of halogens is 1. The number of methoxy groups -OCH3 is 1. The maximum Gasteiger partial charge on any atom is 0.310 e. The first-order valence-electron chi connectivity index (χ1n) is 8.96. The van der Waals surface area contributed by atoms with Crippen molar-refractivity contribution in [2.24, 2.45) is 16.8 Å². The molecule has 1 aliphatic rings. The first-order valence-corrected chi connectivity index (χ1v) is 10.4. The SMILES string of the molecule is CCNC(=NCc1ccc(S(=O)(=O)NC)cc1)N1CC(C)C(C(=O)OC)C1.I. The summed E-state index contributed by atoms with van der Waals surface area (Å²) in [4.78, 5) is 18.8. The van der Waals surface area contributed by atoms with Gasteiger partial charge in [-0.2, -0.15) is 0 Å². The van der Waals surface area contributed by atoms with Crippen molar-refractivity contribution >= 4 is 45.9 Å². The standard InChI is InChI=1S/C18H28N4O4S.HI/c1-5-20-18(22-11-13(2)16(12-22)17(23)26-4)21-10-14-6-8-15(9-7-14)27(24,25)19-3;/h6-9,13,16,19H,5,10-12H2,1-4H3,(H,20,21);1H. The van der Waals surface area contributed by atoms with Gasteiger partial charge in [0.1, 0.15) is 0 Å². The van der Waals surface area contributed by atoms with Crippen molar-refractivity contribution in [3.8, 4) is 0 Å². The van der Waals surface area contributed by atoms with Crippen molar-refractivity contribution in [2.45, 2.75) is 25.3 Å². The molecule has 0 radical (unpaired) electrons. The van der Waals surface area contributed by atoms with Gasteiger partial charge in [0, 0.05) is 19.6 Å². The predicted molar refractivity (Wildman–Crippen MR) is 119 cm³/mol. The summed E-state index contributed by atoms with van der Waals surface area (Å²) >= 11 is 0. The third kappa shape index (κ3) is 6.05. The molecule has 1 aromatic rings. The predicted octanol–water partition coefficient (Wildman–Crippen LogP) is 1.42. The van der Waals surface area contributed by atoms with Crippen LogP contribution in [0.4, 0.5) is 0 Å². The Labute approximate surface area is 184 Å². The van der Waals surface area contributed by atoms with Gasteiger partial charge in [-0.1, -0.05) is 19.1 Å². The molecule has 0 aliphatic carbocycles. The fourth-order valence-electron chi connectivity index (χ4n) is 3.08. The number of nitrogens with zero attached hydrogens (tertiary/aromatic N) is 2. The van der Waals surface area contributed by atoms with Gasteiger partial charge in [-0.3, -0.25) is 4.79 Å². The number of ether oxygens (including phenoxy) is 1. The Morgan fingerprint density at radius 2 is 1.93 bits per heavy atom. The number of carbonyl (C=O) groups excluding carboxylic acids is 1. The van der Waals surface area contributed by atoms with E-state index in [0.717, 1.165) is 18.1 Å². The smallest absolute Gasteiger partial charge is 0.310 e. The molecule has 1 fully saturated rings. The number of aliphatic imine (C=N–C) groups is 1. The number of hydrogen-bond acceptors (Lipinski definition) is 5. The Kier molecular flexibility index (Phi) is 9.64. The summed E-state index contributed by atoms with van der Waals surface area (Å²) in [6.45, 7) is 6.45. The average molecular weight is 524 g/mol. The summed E-state index contributed by atoms with van der Waals surface area (Å²) in [6.07, 6.45) is 0. The van der Waals surface area contributed by atoms with Gasteiger partial charge in [0.05, 0.1) is 24.5 Å². The first-order chi connectivity index (χ1) is 12.8. The van der Waals surface area contributed by atoms with Crippen molar-refractivity contribution in [3.63, 3.8) is 0 Å². The van der Waals surface area contributed by atoms with Gasteiger partial charge < -0.3 is 15.0 Å². The second kappa shape index (κ2) is 11.0. The third-order valence-electron chi connectivity index (χ3n) is 4.66. The van der Waals surface area contributed by atoms with Crippen LogP contribution in [0, 0.1) is 11.8 Å². The minimum absolute atomic E-state index is 0. The Bertz CT molecular complexity index is 783. The maximum absolute atomic E-state index is 11.9. The number of guanidine groups is 1. The number of sulfonamides is 1. The Hall–Kier alpha value is -1.40. The highest BCUT2D eigenvalue weighted by Gasteiger charge is 2.36. The maximum atomic E-state index is 11.9. The van der Waals surface area contributed by atoms with Gasteiger partial charge in [-0.15, -0.1) is 24.0 Å². The van der Waals surface area contributed by atoms with E-state index in [2.05, 4.69) is 19.9 Å². The highest BCUT2D eigenvalue weighted by molar-refractivity contribution is 14.0. The molecule has 0 amide bonds. The van der Waals surface area contributed by atoms with E-state index in [1.165, 1.54) is 14.2 Å². The van der Waals surface area contributed by atoms with Gasteiger partial charge in [0.25, 0.3) is 0 Å². The molecule has 1 aromatic carbocycles. The third-order valence-corrected chi connectivity index (χ3v) is 6.09. The number of carbonyl (C=O) groups is 1. The van der Waals surface area contributed by atoms with Crippen LogP contribution in [0.25, 0.3) is 0 Å². The van der Waals surface area contributed by atoms with Crippen LogP contribution < -0.4 is 10.0 Å². The van der Waals surface area contributed by atoms with Crippen molar-refractivity contribution in [2.75, 3.05) is 33.8 Å². The zero-order valence-electron chi connectivity index (χ0n) is 16.6. The molecular weight excluding hydrogens is 495 g/mol. The van der Waals surface area contributed by atoms with Gasteiger partial charge in [0.2, 0.25) is 10.0 Å². The molecule has 2 atom stereocenters. The summed E-state index contributed by atoms with van der Waals surface area (Å²) in [7, 11) is -0.646. The molecule has 2 unspecified atom stereocenters. The van der Waals surface area contributed by atoms with E-state index in [4.69, 9.17) is 4.74 Å². The minimum Gasteiger partial charge on any atom is -0.469 e. The number of likely N-dealkylation sites (tertiary alicyclic amines) is 1. The quantitative estimate of drug-likeness (QED) is 0.253. The lowest BCUT2D eigenvalue weighted by molar-refractivity contribution is -0.145. The summed E-state index contributed by atoms with van der Waals surface area (Å²) in [5, 5.41) is 3.26. The van der Waals surface area contributed by atoms with Crippen LogP contribution in [-0.2, 0) is 26.1 Å². The average Bonchev–Trinajstić information content (AvgIpc) is 3.06. The van der Waals surface area contributed by atoms with E-state index in [-0.39, 0.29) is 46.7 Å². The molecule has 1 heterocycles. The van der Waals surface area contributed by atoms with Gasteiger partial charge in [-0.05, 0) is 37.6 Å². The summed E-state index contributed by atoms with van der Waals surface area (Å²) in [5.41, 5.74) is 0.900. The molecule has 158 valence electrons. The molecule has 2 rings (SSSR count). The fraction of sp³-hybridized carbons (Fsp3) is 0.556. The first kappa shape index (κ1) is 24.6. The zero-order valence-corrected chi connectivity index (χ0v) is 19.8. The topological polar surface area (TPSA) is 100 Å². The Morgan fingerprint density at radius 3 is 2.46 bits per heavy atom. The van der Waals surface area contributed by atoms with Crippen molar-refractivity contribution < 1.29 is 17.9 Å². The lowest BCUT2D eigenvalue weighted by atomic mass is 9.99. The highest BCUT2D eigenvalue weighted by atomic mass is 127. The Morgan fingerprint density at radius 1 is 1.29 bits per heavy atom. The second-order valence-electron chi connectivity index (χ2n) is 6.53. The summed E-state index contributed by atoms with van der Waals surface area (Å²) < 4.78 is 30.8. The normalized spacial score (nSPS) is 19.9. The monoisotopic (exact) mass is 524 g/mol. The second-order valence-corrected chi connectivity index (χ2v) is 8.42. The van der Waals surface area contributed by atoms with E-state index in [1.807, 2.05) is 13.8 Å². The van der Waals surface area contributed by atoms with E-state index in [9.17, 15) is 13.2 Å². The molecular formula is C18H29IN4O4S. The van der Waals surface area contributed by atoms with Gasteiger partial charge in [-0.25, -0.2) is 18.1 Å². The van der Waals surface area contributed by atoms with Gasteiger partial charge >= 0.3 is 5.97 Å². The van der Waals surface area contributed by atoms with Crippen molar-refractivity contribution in [1.29, 1.82) is 0 Å². The molecule has 0 spiro atoms. The number of esters is 1. The largest absolute Gasteiger partial charge is 0.469 e. The van der Waals surface area contributed by atoms with E-state index >= 15 is 0 Å². The highest BCUT2D eigenvalue weighted by Crippen LogP contribution is 2.24. The van der Waals surface area contributed by atoms with Crippen LogP contribution in [-0.4, -0.2) is 59.0 Å². The van der Waals surface area contributed by atoms with Crippen LogP contribution in [0.3, 0.4) is 0 Å². The molecule has 0 saturated carbocycles. The number of nitrogens with one attached hydrogen (secondary N) is 2. The molecule has 0 aromatic heterocycles. The zero-order chi connectivity index (χ0) is 20.0. The molecule has 2 N–H and O–H groups in total. The van der Waals surface area contributed by atoms with E-state index in [0.29, 0.717) is 19.6 Å². The Balaban J connectivity index is 0.00000392. The van der Waals surface area contributed by atoms with Crippen LogP contribution in [0.1, 0.15) is 19.4 Å². The minimum atomic E-state index is -3.44. The molecule has 0 bridgehead atoms. The van der Waals surface area contributed by atoms with Crippen LogP contribution in [0.5, 0.6) is 0 Å². The van der Waals surface area contributed by atoms with Crippen LogP contribution in [0.15, 0.2) is 34.2 Å². The molecule has 28 heavy (non-hydrogen) atoms. The number of rotatable bonds is 6. The number of benzene rings is 1. The molecule has 1 aliphatic heterocycles. The summed E-state index contributed by atoms with van der Waals surface area (Å²) in [5.74, 6) is 0.571. The lowest BCUT2D eigenvalue weighted by Gasteiger charge is -2.21. The molecule has 8 nitrogen and oxygen atoms in total. The molecule has 1 saturated heterocycles. The van der Waals surface area contributed by atoms with E-state index < -0.39 is 10.0 Å². The fourth-order valence-corrected chi connectivity index (χ4v) is 3.81. The summed E-state index contributed by atoms with van der Waals surface area (Å²) in [6, 6.07) is 6.63. The lowest BCUT2D eigenvalue weighted by Crippen LogP contribution is -2.40. The van der Waals surface area contributed by atoms with Crippen molar-refractivity contribution in [1.82, 2.24) is 14.9 Å². The van der Waals surface area contributed by atoms with Gasteiger partial charge in [0.15, 0.2) is 5.96 Å². The number of hydrogen-bond donors (Lipinski definition) is 2. The van der Waals surface area contributed by atoms with Crippen LogP contribution >= 0.6 is 24.0 Å². The molecule has 10 heteroatoms. The van der Waals surface area contributed by atoms with Crippen molar-refractivity contribution in [3.05, 3.63) is 29.8 Å². The van der Waals surface area contributed by atoms with Crippen LogP contribution in [0.2, 0.25) is 0 Å².